The molecule has 0 bridgehead atoms. The van der Waals surface area contributed by atoms with Crippen molar-refractivity contribution in [3.8, 4) is 0 Å². The maximum Gasteiger partial charge on any atom is 0.183 e. The second-order valence-electron chi connectivity index (χ2n) is 3.27. The first-order valence-corrected chi connectivity index (χ1v) is 4.64. The normalized spacial score (nSPS) is 12.1. The predicted molar refractivity (Wildman–Crippen MR) is 53.4 cm³/mol. The third-order valence-electron chi connectivity index (χ3n) is 2.23. The molecule has 0 aliphatic rings. The summed E-state index contributed by atoms with van der Waals surface area (Å²) < 4.78 is 0. The largest absolute Gasteiger partial charge is 0.298 e. The molecule has 1 rings (SSSR count). The number of aldehydes is 1. The zero-order chi connectivity index (χ0) is 10.6. The van der Waals surface area contributed by atoms with Crippen molar-refractivity contribution in [3.05, 3.63) is 29.6 Å². The molecule has 0 N–H and O–H groups in total. The van der Waals surface area contributed by atoms with Gasteiger partial charge >= 0.3 is 0 Å². The van der Waals surface area contributed by atoms with Gasteiger partial charge in [-0.05, 0) is 18.6 Å². The fourth-order valence-electron chi connectivity index (χ4n) is 1.09. The molecule has 0 amide bonds. The van der Waals surface area contributed by atoms with Crippen molar-refractivity contribution in [3.63, 3.8) is 0 Å². The summed E-state index contributed by atoms with van der Waals surface area (Å²) >= 11 is 0. The van der Waals surface area contributed by atoms with Crippen LogP contribution >= 0.6 is 0 Å². The lowest BCUT2D eigenvalue weighted by atomic mass is 10.0. The first-order valence-electron chi connectivity index (χ1n) is 4.64. The van der Waals surface area contributed by atoms with E-state index < -0.39 is 0 Å². The van der Waals surface area contributed by atoms with E-state index in [-0.39, 0.29) is 11.7 Å². The van der Waals surface area contributed by atoms with E-state index in [0.29, 0.717) is 11.3 Å². The third kappa shape index (κ3) is 2.25. The lowest BCUT2D eigenvalue weighted by Gasteiger charge is -2.06. The van der Waals surface area contributed by atoms with E-state index in [0.717, 1.165) is 12.7 Å². The van der Waals surface area contributed by atoms with Crippen LogP contribution in [-0.2, 0) is 0 Å². The topological polar surface area (TPSA) is 47.0 Å². The summed E-state index contributed by atoms with van der Waals surface area (Å²) in [5, 5.41) is 0. The zero-order valence-electron chi connectivity index (χ0n) is 8.36. The smallest absolute Gasteiger partial charge is 0.183 e. The highest BCUT2D eigenvalue weighted by atomic mass is 16.1. The Morgan fingerprint density at radius 3 is 2.93 bits per heavy atom. The second-order valence-corrected chi connectivity index (χ2v) is 3.27. The van der Waals surface area contributed by atoms with E-state index in [9.17, 15) is 9.59 Å². The van der Waals surface area contributed by atoms with Gasteiger partial charge in [0.15, 0.2) is 5.78 Å². The van der Waals surface area contributed by atoms with Crippen molar-refractivity contribution >= 4 is 12.1 Å². The summed E-state index contributed by atoms with van der Waals surface area (Å²) in [7, 11) is 0. The van der Waals surface area contributed by atoms with Crippen LogP contribution in [0.5, 0.6) is 0 Å². The Kier molecular flexibility index (Phi) is 3.51. The predicted octanol–water partition coefficient (Wildman–Crippen LogP) is 2.12. The van der Waals surface area contributed by atoms with Crippen LogP contribution in [0.3, 0.4) is 0 Å². The highest BCUT2D eigenvalue weighted by Crippen LogP contribution is 2.10. The molecule has 1 atom stereocenters. The van der Waals surface area contributed by atoms with E-state index in [4.69, 9.17) is 0 Å². The van der Waals surface area contributed by atoms with Gasteiger partial charge in [0, 0.05) is 17.7 Å². The third-order valence-corrected chi connectivity index (χ3v) is 2.23. The summed E-state index contributed by atoms with van der Waals surface area (Å²) in [6, 6.07) is 3.11. The molecule has 3 nitrogen and oxygen atoms in total. The zero-order valence-corrected chi connectivity index (χ0v) is 8.36. The summed E-state index contributed by atoms with van der Waals surface area (Å²) in [4.78, 5) is 26.1. The number of pyridine rings is 1. The van der Waals surface area contributed by atoms with Crippen LogP contribution in [0.4, 0.5) is 0 Å². The van der Waals surface area contributed by atoms with E-state index in [1.807, 2.05) is 13.8 Å². The fraction of sp³-hybridized carbons (Fsp3) is 0.364. The van der Waals surface area contributed by atoms with Gasteiger partial charge in [0.2, 0.25) is 0 Å². The number of hydrogen-bond donors (Lipinski definition) is 0. The number of rotatable bonds is 4. The monoisotopic (exact) mass is 191 g/mol. The molecule has 0 fully saturated rings. The summed E-state index contributed by atoms with van der Waals surface area (Å²) in [5.74, 6) is -0.0411. The van der Waals surface area contributed by atoms with Crippen LogP contribution in [0.25, 0.3) is 0 Å². The standard InChI is InChI=1S/C11H13NO2/c1-3-8(2)11(14)10-6-9(7-13)4-5-12-10/h4-8H,3H2,1-2H3. The minimum Gasteiger partial charge on any atom is -0.298 e. The molecular weight excluding hydrogens is 178 g/mol. The fourth-order valence-corrected chi connectivity index (χ4v) is 1.09. The Hall–Kier alpha value is -1.51. The number of ketones is 1. The van der Waals surface area contributed by atoms with Crippen LogP contribution in [0.1, 0.15) is 41.1 Å². The van der Waals surface area contributed by atoms with Gasteiger partial charge in [-0.25, -0.2) is 0 Å². The summed E-state index contributed by atoms with van der Waals surface area (Å²) in [6.07, 6.45) is 2.99. The molecule has 1 aromatic heterocycles. The number of carbonyl (C=O) groups excluding carboxylic acids is 2. The van der Waals surface area contributed by atoms with Gasteiger partial charge in [0.1, 0.15) is 12.0 Å². The quantitative estimate of drug-likeness (QED) is 0.541. The Bertz CT molecular complexity index is 347. The van der Waals surface area contributed by atoms with Gasteiger partial charge < -0.3 is 0 Å². The molecule has 14 heavy (non-hydrogen) atoms. The molecule has 0 aliphatic carbocycles. The molecule has 0 spiro atoms. The van der Waals surface area contributed by atoms with Crippen molar-refractivity contribution in [2.45, 2.75) is 20.3 Å². The Morgan fingerprint density at radius 2 is 2.36 bits per heavy atom. The van der Waals surface area contributed by atoms with Crippen molar-refractivity contribution < 1.29 is 9.59 Å². The van der Waals surface area contributed by atoms with Gasteiger partial charge in [0.25, 0.3) is 0 Å². The van der Waals surface area contributed by atoms with Crippen molar-refractivity contribution in [1.82, 2.24) is 4.98 Å². The lowest BCUT2D eigenvalue weighted by molar-refractivity contribution is 0.0922. The minimum atomic E-state index is -0.0376. The molecule has 0 aliphatic heterocycles. The van der Waals surface area contributed by atoms with E-state index in [2.05, 4.69) is 4.98 Å². The molecule has 1 unspecified atom stereocenters. The van der Waals surface area contributed by atoms with Crippen molar-refractivity contribution in [1.29, 1.82) is 0 Å². The average molecular weight is 191 g/mol. The molecule has 0 saturated carbocycles. The Balaban J connectivity index is 2.95. The number of Topliss-reactive ketones (excluding diaryl/α,β-unsaturated/α-hetero) is 1. The lowest BCUT2D eigenvalue weighted by Crippen LogP contribution is -2.12. The van der Waals surface area contributed by atoms with Gasteiger partial charge in [0.05, 0.1) is 0 Å². The molecule has 74 valence electrons. The number of hydrogen-bond acceptors (Lipinski definition) is 3. The van der Waals surface area contributed by atoms with E-state index in [1.165, 1.54) is 12.3 Å². The average Bonchev–Trinajstić information content (AvgIpc) is 2.27. The molecule has 3 heteroatoms. The SMILES string of the molecule is CCC(C)C(=O)c1cc(C=O)ccn1. The Labute approximate surface area is 83.2 Å². The van der Waals surface area contributed by atoms with Gasteiger partial charge in [-0.3, -0.25) is 14.6 Å². The van der Waals surface area contributed by atoms with Gasteiger partial charge in [-0.2, -0.15) is 0 Å². The van der Waals surface area contributed by atoms with Crippen LogP contribution in [0.15, 0.2) is 18.3 Å². The van der Waals surface area contributed by atoms with E-state index in [1.54, 1.807) is 6.07 Å². The van der Waals surface area contributed by atoms with Crippen LogP contribution in [0, 0.1) is 5.92 Å². The van der Waals surface area contributed by atoms with Crippen LogP contribution in [0.2, 0.25) is 0 Å². The summed E-state index contributed by atoms with van der Waals surface area (Å²) in [5.41, 5.74) is 0.871. The highest BCUT2D eigenvalue weighted by molar-refractivity contribution is 5.96. The number of aromatic nitrogens is 1. The Morgan fingerprint density at radius 1 is 1.64 bits per heavy atom. The van der Waals surface area contributed by atoms with Crippen LogP contribution in [-0.4, -0.2) is 17.1 Å². The molecule has 0 radical (unpaired) electrons. The van der Waals surface area contributed by atoms with Crippen molar-refractivity contribution in [2.24, 2.45) is 5.92 Å². The first-order chi connectivity index (χ1) is 6.69. The highest BCUT2D eigenvalue weighted by Gasteiger charge is 2.14. The van der Waals surface area contributed by atoms with Gasteiger partial charge in [-0.1, -0.05) is 13.8 Å². The maximum absolute atomic E-state index is 11.7. The molecule has 1 heterocycles. The number of carbonyl (C=O) groups is 2. The number of nitrogens with zero attached hydrogens (tertiary/aromatic N) is 1. The minimum absolute atomic E-state index is 0.00352. The molecule has 0 saturated heterocycles. The molecule has 1 aromatic rings. The van der Waals surface area contributed by atoms with Gasteiger partial charge in [-0.15, -0.1) is 0 Å². The maximum atomic E-state index is 11.7. The van der Waals surface area contributed by atoms with E-state index >= 15 is 0 Å². The second kappa shape index (κ2) is 4.65. The van der Waals surface area contributed by atoms with Crippen LogP contribution < -0.4 is 0 Å². The molecule has 0 aromatic carbocycles. The summed E-state index contributed by atoms with van der Waals surface area (Å²) in [6.45, 7) is 3.81. The first kappa shape index (κ1) is 10.6. The molecular formula is C11H13NO2. The van der Waals surface area contributed by atoms with Crippen molar-refractivity contribution in [2.75, 3.05) is 0 Å².